The summed E-state index contributed by atoms with van der Waals surface area (Å²) in [5.41, 5.74) is 0. The Labute approximate surface area is 344 Å². The number of ether oxygens (including phenoxy) is 3. The van der Waals surface area contributed by atoms with Gasteiger partial charge in [0, 0.05) is 24.5 Å². The van der Waals surface area contributed by atoms with Gasteiger partial charge in [-0.2, -0.15) is 0 Å². The molecule has 2 unspecified atom stereocenters. The molecule has 0 heterocycles. The molecule has 5 heteroatoms. The van der Waals surface area contributed by atoms with E-state index in [2.05, 4.69) is 20.8 Å². The molecule has 0 N–H and O–H groups in total. The monoisotopic (exact) mass is 781 g/mol. The third kappa shape index (κ3) is 39.7. The Hall–Kier alpha value is -0.520. The normalized spacial score (nSPS) is 12.7. The number of thiocarbonyl (C=S) groups is 1. The minimum atomic E-state index is -0.466. The highest BCUT2D eigenvalue weighted by atomic mass is 32.1. The van der Waals surface area contributed by atoms with Gasteiger partial charge in [-0.3, -0.25) is 4.79 Å². The van der Waals surface area contributed by atoms with Crippen LogP contribution in [0.2, 0.25) is 0 Å². The molecule has 0 aromatic heterocycles. The van der Waals surface area contributed by atoms with Crippen molar-refractivity contribution in [1.29, 1.82) is 0 Å². The van der Waals surface area contributed by atoms with E-state index >= 15 is 0 Å². The van der Waals surface area contributed by atoms with Crippen LogP contribution in [0.1, 0.15) is 272 Å². The maximum absolute atomic E-state index is 13.0. The molecule has 0 aliphatic carbocycles. The van der Waals surface area contributed by atoms with E-state index in [1.165, 1.54) is 212 Å². The van der Waals surface area contributed by atoms with Crippen molar-refractivity contribution in [1.82, 2.24) is 0 Å². The summed E-state index contributed by atoms with van der Waals surface area (Å²) in [5, 5.41) is 0. The van der Waals surface area contributed by atoms with E-state index in [4.69, 9.17) is 26.4 Å². The van der Waals surface area contributed by atoms with Crippen LogP contribution in [-0.4, -0.2) is 42.9 Å². The summed E-state index contributed by atoms with van der Waals surface area (Å²) in [6, 6.07) is 0. The minimum Gasteiger partial charge on any atom is -0.457 e. The highest BCUT2D eigenvalue weighted by Crippen LogP contribution is 2.17. The third-order valence-electron chi connectivity index (χ3n) is 11.2. The van der Waals surface area contributed by atoms with Crippen LogP contribution in [0, 0.1) is 0 Å². The maximum Gasteiger partial charge on any atom is 0.306 e. The molecule has 0 aliphatic heterocycles. The second kappa shape index (κ2) is 45.2. The molecule has 0 radical (unpaired) electrons. The fourth-order valence-electron chi connectivity index (χ4n) is 7.58. The lowest BCUT2D eigenvalue weighted by molar-refractivity contribution is -0.159. The summed E-state index contributed by atoms with van der Waals surface area (Å²) in [6.07, 6.45) is 48.3. The van der Waals surface area contributed by atoms with Crippen molar-refractivity contribution in [2.45, 2.75) is 284 Å². The molecule has 2 atom stereocenters. The highest BCUT2D eigenvalue weighted by molar-refractivity contribution is 7.80. The van der Waals surface area contributed by atoms with Gasteiger partial charge in [-0.05, 0) is 26.2 Å². The Morgan fingerprint density at radius 1 is 0.426 bits per heavy atom. The first-order valence-corrected chi connectivity index (χ1v) is 24.9. The first-order valence-electron chi connectivity index (χ1n) is 24.5. The number of rotatable bonds is 46. The molecule has 0 fully saturated rings. The summed E-state index contributed by atoms with van der Waals surface area (Å²) >= 11 is 5.67. The Kier molecular flexibility index (Phi) is 44.8. The van der Waals surface area contributed by atoms with Gasteiger partial charge in [0.2, 0.25) is 0 Å². The van der Waals surface area contributed by atoms with Crippen LogP contribution in [0.25, 0.3) is 0 Å². The van der Waals surface area contributed by atoms with Gasteiger partial charge < -0.3 is 14.2 Å². The quantitative estimate of drug-likeness (QED) is 0.0350. The number of unbranched alkanes of at least 4 members (excludes halogenated alkanes) is 34. The lowest BCUT2D eigenvalue weighted by Gasteiger charge is -2.27. The number of esters is 1. The van der Waals surface area contributed by atoms with E-state index in [0.717, 1.165) is 30.5 Å². The molecule has 0 aromatic carbocycles. The molecule has 0 aliphatic rings. The predicted octanol–water partition coefficient (Wildman–Crippen LogP) is 16.6. The standard InChI is InChI=1S/C49H96O4S/c1-5-8-11-14-17-20-23-26-27-30-33-36-39-42-48(50)53-47(45-51-43-40-37-34-31-28-24-21-18-15-12-9-6-2)49(46(4)54)52-44-41-38-35-32-29-25-22-19-16-13-10-7-3/h47,49H,5-45H2,1-4H3. The summed E-state index contributed by atoms with van der Waals surface area (Å²) in [5.74, 6) is -0.132. The van der Waals surface area contributed by atoms with Gasteiger partial charge in [0.15, 0.2) is 6.10 Å². The van der Waals surface area contributed by atoms with Crippen LogP contribution in [0.3, 0.4) is 0 Å². The first-order chi connectivity index (χ1) is 26.6. The summed E-state index contributed by atoms with van der Waals surface area (Å²) < 4.78 is 18.6. The van der Waals surface area contributed by atoms with Crippen molar-refractivity contribution in [2.24, 2.45) is 0 Å². The lowest BCUT2D eigenvalue weighted by Crippen LogP contribution is -2.41. The van der Waals surface area contributed by atoms with E-state index in [9.17, 15) is 4.79 Å². The second-order valence-corrected chi connectivity index (χ2v) is 17.4. The topological polar surface area (TPSA) is 44.8 Å². The summed E-state index contributed by atoms with van der Waals surface area (Å²) in [6.45, 7) is 10.5. The van der Waals surface area contributed by atoms with Crippen LogP contribution in [0.4, 0.5) is 0 Å². The number of hydrogen-bond acceptors (Lipinski definition) is 5. The molecule has 4 nitrogen and oxygen atoms in total. The van der Waals surface area contributed by atoms with E-state index in [1.54, 1.807) is 0 Å². The van der Waals surface area contributed by atoms with Crippen molar-refractivity contribution in [3.8, 4) is 0 Å². The zero-order valence-electron chi connectivity index (χ0n) is 37.2. The van der Waals surface area contributed by atoms with Crippen LogP contribution in [0.15, 0.2) is 0 Å². The predicted molar refractivity (Wildman–Crippen MR) is 241 cm³/mol. The molecular weight excluding hydrogens is 685 g/mol. The average Bonchev–Trinajstić information content (AvgIpc) is 3.16. The Balaban J connectivity index is 4.46. The lowest BCUT2D eigenvalue weighted by atomic mass is 10.0. The van der Waals surface area contributed by atoms with Gasteiger partial charge >= 0.3 is 5.97 Å². The van der Waals surface area contributed by atoms with Crippen molar-refractivity contribution < 1.29 is 19.0 Å². The highest BCUT2D eigenvalue weighted by Gasteiger charge is 2.28. The van der Waals surface area contributed by atoms with E-state index < -0.39 is 6.10 Å². The SMILES string of the molecule is CCCCCCCCCCCCCCCC(=O)OC(COCCCCCCCCCCCCCC)C(OCCCCCCCCCCCCCC)C(C)=S. The molecule has 0 amide bonds. The number of hydrogen-bond donors (Lipinski definition) is 0. The fourth-order valence-corrected chi connectivity index (χ4v) is 7.80. The van der Waals surface area contributed by atoms with Crippen molar-refractivity contribution >= 4 is 23.1 Å². The fraction of sp³-hybridized carbons (Fsp3) is 0.959. The largest absolute Gasteiger partial charge is 0.457 e. The second-order valence-electron chi connectivity index (χ2n) is 16.8. The summed E-state index contributed by atoms with van der Waals surface area (Å²) in [4.78, 5) is 13.8. The van der Waals surface area contributed by atoms with Crippen molar-refractivity contribution in [3.05, 3.63) is 0 Å². The zero-order valence-corrected chi connectivity index (χ0v) is 38.0. The van der Waals surface area contributed by atoms with Crippen molar-refractivity contribution in [3.63, 3.8) is 0 Å². The molecule has 0 bridgehead atoms. The van der Waals surface area contributed by atoms with E-state index in [0.29, 0.717) is 26.2 Å². The van der Waals surface area contributed by atoms with Crippen LogP contribution >= 0.6 is 12.2 Å². The Bertz CT molecular complexity index is 758. The molecule has 322 valence electrons. The maximum atomic E-state index is 13.0. The zero-order chi connectivity index (χ0) is 39.4. The summed E-state index contributed by atoms with van der Waals surface area (Å²) in [7, 11) is 0. The molecular formula is C49H96O4S. The van der Waals surface area contributed by atoms with Gasteiger partial charge in [-0.25, -0.2) is 0 Å². The average molecular weight is 781 g/mol. The van der Waals surface area contributed by atoms with Gasteiger partial charge in [0.1, 0.15) is 6.10 Å². The van der Waals surface area contributed by atoms with Gasteiger partial charge in [-0.15, -0.1) is 0 Å². The molecule has 0 saturated carbocycles. The van der Waals surface area contributed by atoms with Gasteiger partial charge in [-0.1, -0.05) is 251 Å². The Morgan fingerprint density at radius 2 is 0.722 bits per heavy atom. The van der Waals surface area contributed by atoms with E-state index in [1.807, 2.05) is 6.92 Å². The van der Waals surface area contributed by atoms with Crippen LogP contribution in [-0.2, 0) is 19.0 Å². The Morgan fingerprint density at radius 3 is 1.06 bits per heavy atom. The van der Waals surface area contributed by atoms with E-state index in [-0.39, 0.29) is 12.1 Å². The first kappa shape index (κ1) is 53.5. The molecule has 0 spiro atoms. The third-order valence-corrected chi connectivity index (χ3v) is 11.5. The van der Waals surface area contributed by atoms with Crippen LogP contribution < -0.4 is 0 Å². The van der Waals surface area contributed by atoms with Gasteiger partial charge in [0.25, 0.3) is 0 Å². The van der Waals surface area contributed by atoms with Gasteiger partial charge in [0.05, 0.1) is 6.61 Å². The number of carbonyl (C=O) groups excluding carboxylic acids is 1. The molecule has 0 aromatic rings. The minimum absolute atomic E-state index is 0.132. The van der Waals surface area contributed by atoms with Crippen molar-refractivity contribution in [2.75, 3.05) is 19.8 Å². The molecule has 0 rings (SSSR count). The molecule has 0 saturated heterocycles. The molecule has 54 heavy (non-hydrogen) atoms. The number of carbonyl (C=O) groups is 1. The van der Waals surface area contributed by atoms with Crippen LogP contribution in [0.5, 0.6) is 0 Å². The smallest absolute Gasteiger partial charge is 0.306 e.